The SMILES string of the molecule is CC(NC(=O)CCS(C)(=O)=O)c1ncc[nH]1. The van der Waals surface area contributed by atoms with E-state index in [1.54, 1.807) is 19.3 Å². The third-order valence-corrected chi connectivity index (χ3v) is 2.95. The summed E-state index contributed by atoms with van der Waals surface area (Å²) in [6, 6.07) is -0.248. The number of aromatic nitrogens is 2. The van der Waals surface area contributed by atoms with Crippen LogP contribution in [-0.4, -0.2) is 36.3 Å². The molecule has 0 spiro atoms. The monoisotopic (exact) mass is 245 g/mol. The maximum absolute atomic E-state index is 11.4. The highest BCUT2D eigenvalue weighted by Gasteiger charge is 2.13. The summed E-state index contributed by atoms with van der Waals surface area (Å²) in [6.45, 7) is 1.77. The molecule has 1 rings (SSSR count). The molecule has 6 nitrogen and oxygen atoms in total. The lowest BCUT2D eigenvalue weighted by molar-refractivity contribution is -0.121. The normalized spacial score (nSPS) is 13.4. The van der Waals surface area contributed by atoms with Crippen molar-refractivity contribution in [3.8, 4) is 0 Å². The number of hydrogen-bond donors (Lipinski definition) is 2. The Morgan fingerprint density at radius 2 is 2.31 bits per heavy atom. The lowest BCUT2D eigenvalue weighted by Gasteiger charge is -2.10. The molecule has 0 bridgehead atoms. The molecule has 90 valence electrons. The van der Waals surface area contributed by atoms with Crippen molar-refractivity contribution in [2.75, 3.05) is 12.0 Å². The van der Waals surface area contributed by atoms with Crippen LogP contribution in [0.1, 0.15) is 25.2 Å². The van der Waals surface area contributed by atoms with Gasteiger partial charge in [0.2, 0.25) is 5.91 Å². The van der Waals surface area contributed by atoms with Crippen molar-refractivity contribution < 1.29 is 13.2 Å². The van der Waals surface area contributed by atoms with Gasteiger partial charge in [0, 0.05) is 25.1 Å². The molecule has 2 N–H and O–H groups in total. The fourth-order valence-corrected chi connectivity index (χ4v) is 1.73. The first kappa shape index (κ1) is 12.7. The summed E-state index contributed by atoms with van der Waals surface area (Å²) < 4.78 is 21.7. The molecule has 0 aromatic carbocycles. The van der Waals surface area contributed by atoms with E-state index in [1.807, 2.05) is 0 Å². The Hall–Kier alpha value is -1.37. The van der Waals surface area contributed by atoms with Gasteiger partial charge in [-0.3, -0.25) is 4.79 Å². The lowest BCUT2D eigenvalue weighted by Crippen LogP contribution is -2.28. The summed E-state index contributed by atoms with van der Waals surface area (Å²) in [5.74, 6) is 0.214. The number of hydrogen-bond acceptors (Lipinski definition) is 4. The summed E-state index contributed by atoms with van der Waals surface area (Å²) in [7, 11) is -3.09. The molecule has 1 unspecified atom stereocenters. The molecule has 1 atom stereocenters. The molecular formula is C9H15N3O3S. The quantitative estimate of drug-likeness (QED) is 0.765. The Bertz CT molecular complexity index is 439. The average molecular weight is 245 g/mol. The topological polar surface area (TPSA) is 91.9 Å². The molecule has 16 heavy (non-hydrogen) atoms. The number of H-pyrrole nitrogens is 1. The Morgan fingerprint density at radius 3 is 2.81 bits per heavy atom. The minimum absolute atomic E-state index is 0.0239. The predicted molar refractivity (Wildman–Crippen MR) is 59.5 cm³/mol. The number of carbonyl (C=O) groups excluding carboxylic acids is 1. The van der Waals surface area contributed by atoms with E-state index in [9.17, 15) is 13.2 Å². The number of imidazole rings is 1. The Morgan fingerprint density at radius 1 is 1.62 bits per heavy atom. The molecule has 0 aliphatic heterocycles. The molecule has 0 aliphatic rings. The van der Waals surface area contributed by atoms with Gasteiger partial charge in [-0.05, 0) is 6.92 Å². The second-order valence-corrected chi connectivity index (χ2v) is 5.90. The third-order valence-electron chi connectivity index (χ3n) is 2.01. The molecule has 0 aliphatic carbocycles. The van der Waals surface area contributed by atoms with Gasteiger partial charge in [-0.15, -0.1) is 0 Å². The van der Waals surface area contributed by atoms with Crippen LogP contribution in [0.5, 0.6) is 0 Å². The molecule has 0 fully saturated rings. The highest BCUT2D eigenvalue weighted by molar-refractivity contribution is 7.90. The average Bonchev–Trinajstić information content (AvgIpc) is 2.66. The van der Waals surface area contributed by atoms with Gasteiger partial charge < -0.3 is 10.3 Å². The first-order valence-electron chi connectivity index (χ1n) is 4.85. The van der Waals surface area contributed by atoms with Crippen molar-refractivity contribution in [2.24, 2.45) is 0 Å². The van der Waals surface area contributed by atoms with E-state index >= 15 is 0 Å². The molecule has 0 saturated carbocycles. The summed E-state index contributed by atoms with van der Waals surface area (Å²) in [5, 5.41) is 2.66. The summed E-state index contributed by atoms with van der Waals surface area (Å²) >= 11 is 0. The Balaban J connectivity index is 2.40. The van der Waals surface area contributed by atoms with Crippen LogP contribution in [0.4, 0.5) is 0 Å². The van der Waals surface area contributed by atoms with Crippen molar-refractivity contribution in [1.29, 1.82) is 0 Å². The molecule has 1 amide bonds. The Labute approximate surface area is 94.4 Å². The number of aromatic amines is 1. The smallest absolute Gasteiger partial charge is 0.221 e. The maximum Gasteiger partial charge on any atom is 0.221 e. The van der Waals surface area contributed by atoms with Crippen LogP contribution in [0.2, 0.25) is 0 Å². The van der Waals surface area contributed by atoms with E-state index in [1.165, 1.54) is 0 Å². The van der Waals surface area contributed by atoms with Crippen LogP contribution in [-0.2, 0) is 14.6 Å². The largest absolute Gasteiger partial charge is 0.347 e. The first-order chi connectivity index (χ1) is 7.38. The van der Waals surface area contributed by atoms with Crippen molar-refractivity contribution >= 4 is 15.7 Å². The standard InChI is InChI=1S/C9H15N3O3S/c1-7(9-10-4-5-11-9)12-8(13)3-6-16(2,14)15/h4-5,7H,3,6H2,1-2H3,(H,10,11)(H,12,13). The van der Waals surface area contributed by atoms with Crippen LogP contribution in [0, 0.1) is 0 Å². The first-order valence-corrected chi connectivity index (χ1v) is 6.91. The highest BCUT2D eigenvalue weighted by Crippen LogP contribution is 2.05. The zero-order valence-electron chi connectivity index (χ0n) is 9.23. The van der Waals surface area contributed by atoms with Gasteiger partial charge in [0.05, 0.1) is 11.8 Å². The van der Waals surface area contributed by atoms with Crippen LogP contribution in [0.25, 0.3) is 0 Å². The molecule has 0 saturated heterocycles. The van der Waals surface area contributed by atoms with Crippen LogP contribution in [0.3, 0.4) is 0 Å². The zero-order valence-corrected chi connectivity index (χ0v) is 10.0. The summed E-state index contributed by atoms with van der Waals surface area (Å²) in [4.78, 5) is 18.2. The van der Waals surface area contributed by atoms with Gasteiger partial charge in [-0.2, -0.15) is 0 Å². The van der Waals surface area contributed by atoms with E-state index in [0.717, 1.165) is 6.26 Å². The van der Waals surface area contributed by atoms with Crippen molar-refractivity contribution in [3.63, 3.8) is 0 Å². The highest BCUT2D eigenvalue weighted by atomic mass is 32.2. The van der Waals surface area contributed by atoms with Crippen molar-refractivity contribution in [3.05, 3.63) is 18.2 Å². The van der Waals surface area contributed by atoms with E-state index in [4.69, 9.17) is 0 Å². The van der Waals surface area contributed by atoms with Crippen molar-refractivity contribution in [1.82, 2.24) is 15.3 Å². The fourth-order valence-electron chi connectivity index (χ4n) is 1.17. The molecular weight excluding hydrogens is 230 g/mol. The van der Waals surface area contributed by atoms with E-state index in [2.05, 4.69) is 15.3 Å². The van der Waals surface area contributed by atoms with Gasteiger partial charge in [0.25, 0.3) is 0 Å². The second kappa shape index (κ2) is 5.11. The number of nitrogens with one attached hydrogen (secondary N) is 2. The summed E-state index contributed by atoms with van der Waals surface area (Å²) in [6.07, 6.45) is 4.34. The van der Waals surface area contributed by atoms with Gasteiger partial charge in [-0.25, -0.2) is 13.4 Å². The molecule has 1 aromatic rings. The van der Waals surface area contributed by atoms with Gasteiger partial charge in [0.15, 0.2) is 0 Å². The number of rotatable bonds is 5. The second-order valence-electron chi connectivity index (χ2n) is 3.64. The third kappa shape index (κ3) is 4.43. The minimum Gasteiger partial charge on any atom is -0.347 e. The fraction of sp³-hybridized carbons (Fsp3) is 0.556. The van der Waals surface area contributed by atoms with E-state index < -0.39 is 9.84 Å². The minimum atomic E-state index is -3.09. The number of carbonyl (C=O) groups is 1. The Kier molecular flexibility index (Phi) is 4.05. The van der Waals surface area contributed by atoms with Crippen LogP contribution >= 0.6 is 0 Å². The lowest BCUT2D eigenvalue weighted by atomic mass is 10.3. The van der Waals surface area contributed by atoms with Gasteiger partial charge in [0.1, 0.15) is 15.7 Å². The molecule has 1 aromatic heterocycles. The van der Waals surface area contributed by atoms with Crippen molar-refractivity contribution in [2.45, 2.75) is 19.4 Å². The molecule has 0 radical (unpaired) electrons. The van der Waals surface area contributed by atoms with Crippen LogP contribution in [0.15, 0.2) is 12.4 Å². The van der Waals surface area contributed by atoms with E-state index in [0.29, 0.717) is 5.82 Å². The van der Waals surface area contributed by atoms with Gasteiger partial charge >= 0.3 is 0 Å². The number of sulfone groups is 1. The van der Waals surface area contributed by atoms with Crippen LogP contribution < -0.4 is 5.32 Å². The van der Waals surface area contributed by atoms with E-state index in [-0.39, 0.29) is 24.1 Å². The summed E-state index contributed by atoms with van der Waals surface area (Å²) in [5.41, 5.74) is 0. The maximum atomic E-state index is 11.4. The number of amides is 1. The zero-order chi connectivity index (χ0) is 12.2. The van der Waals surface area contributed by atoms with Gasteiger partial charge in [-0.1, -0.05) is 0 Å². The molecule has 7 heteroatoms. The predicted octanol–water partition coefficient (Wildman–Crippen LogP) is 0.0216. The number of nitrogens with zero attached hydrogens (tertiary/aromatic N) is 1. The molecule has 1 heterocycles.